The number of nitrogens with zero attached hydrogens (tertiary/aromatic N) is 5. The van der Waals surface area contributed by atoms with E-state index in [-0.39, 0.29) is 0 Å². The van der Waals surface area contributed by atoms with E-state index < -0.39 is 0 Å². The fourth-order valence-corrected chi connectivity index (χ4v) is 1.86. The van der Waals surface area contributed by atoms with Gasteiger partial charge in [0, 0.05) is 5.56 Å². The molecule has 13 heavy (non-hydrogen) atoms. The van der Waals surface area contributed by atoms with Crippen molar-refractivity contribution in [1.29, 1.82) is 0 Å². The standard InChI is InChI=1S/C7H3N5S/c1-2-4-5(3-1)8-11-9-7-6(4)13-12-10-7/h1-3H. The molecule has 1 aliphatic carbocycles. The molecule has 6 heteroatoms. The molecule has 0 unspecified atom stereocenters. The molecule has 0 bridgehead atoms. The van der Waals surface area contributed by atoms with Crippen molar-refractivity contribution in [2.75, 3.05) is 0 Å². The van der Waals surface area contributed by atoms with E-state index in [1.54, 1.807) is 0 Å². The molecule has 3 rings (SSSR count). The number of hydrogen-bond donors (Lipinski definition) is 0. The minimum atomic E-state index is 0.554. The number of hydrogen-bond acceptors (Lipinski definition) is 6. The van der Waals surface area contributed by atoms with Gasteiger partial charge in [-0.2, -0.15) is 0 Å². The zero-order valence-electron chi connectivity index (χ0n) is 6.38. The van der Waals surface area contributed by atoms with Gasteiger partial charge in [0.25, 0.3) is 0 Å². The summed E-state index contributed by atoms with van der Waals surface area (Å²) in [6.45, 7) is 0. The Morgan fingerprint density at radius 2 is 2.08 bits per heavy atom. The van der Waals surface area contributed by atoms with E-state index in [4.69, 9.17) is 0 Å². The van der Waals surface area contributed by atoms with E-state index in [0.29, 0.717) is 5.65 Å². The minimum Gasteiger partial charge on any atom is -0.130 e. The molecule has 0 fully saturated rings. The molecule has 0 amide bonds. The van der Waals surface area contributed by atoms with Crippen molar-refractivity contribution in [2.24, 2.45) is 0 Å². The first-order chi connectivity index (χ1) is 6.45. The average Bonchev–Trinajstić information content (AvgIpc) is 2.72. The Labute approximate surface area is 76.9 Å². The van der Waals surface area contributed by atoms with Gasteiger partial charge in [0.15, 0.2) is 0 Å². The van der Waals surface area contributed by atoms with Gasteiger partial charge in [0.05, 0.1) is 5.69 Å². The van der Waals surface area contributed by atoms with Gasteiger partial charge in [-0.1, -0.05) is 16.6 Å². The van der Waals surface area contributed by atoms with Crippen molar-refractivity contribution in [2.45, 2.75) is 0 Å². The van der Waals surface area contributed by atoms with Crippen LogP contribution in [-0.4, -0.2) is 25.0 Å². The lowest BCUT2D eigenvalue weighted by molar-refractivity contribution is 0.902. The molecule has 2 heterocycles. The highest BCUT2D eigenvalue weighted by atomic mass is 32.1. The molecule has 1 aromatic heterocycles. The Kier molecular flexibility index (Phi) is 1.25. The maximum absolute atomic E-state index is 3.93. The molecule has 0 saturated carbocycles. The maximum atomic E-state index is 3.93. The van der Waals surface area contributed by atoms with E-state index in [2.05, 4.69) is 25.0 Å². The quantitative estimate of drug-likeness (QED) is 0.527. The summed E-state index contributed by atoms with van der Waals surface area (Å²) in [4.78, 5) is 0. The average molecular weight is 189 g/mol. The largest absolute Gasteiger partial charge is 0.218 e. The van der Waals surface area contributed by atoms with Gasteiger partial charge in [-0.3, -0.25) is 0 Å². The van der Waals surface area contributed by atoms with Crippen LogP contribution in [0.15, 0.2) is 18.2 Å². The van der Waals surface area contributed by atoms with Crippen molar-refractivity contribution in [3.63, 3.8) is 0 Å². The fraction of sp³-hybridized carbons (Fsp3) is 0. The molecular weight excluding hydrogens is 186 g/mol. The SMILES string of the molecule is c1cc2nnnc3nnsc3c-2c1. The molecule has 0 aromatic carbocycles. The monoisotopic (exact) mass is 189 g/mol. The Hall–Kier alpha value is -1.69. The molecule has 5 nitrogen and oxygen atoms in total. The van der Waals surface area contributed by atoms with Crippen LogP contribution in [0.1, 0.15) is 0 Å². The lowest BCUT2D eigenvalue weighted by Crippen LogP contribution is -1.79. The molecule has 1 aromatic rings. The molecule has 0 radical (unpaired) electrons. The third-order valence-electron chi connectivity index (χ3n) is 1.80. The van der Waals surface area contributed by atoms with Crippen LogP contribution in [-0.2, 0) is 0 Å². The van der Waals surface area contributed by atoms with E-state index in [9.17, 15) is 0 Å². The second kappa shape index (κ2) is 2.40. The molecule has 0 atom stereocenters. The Bertz CT molecular complexity index is 533. The smallest absolute Gasteiger partial charge is 0.130 e. The normalized spacial score (nSPS) is 11.1. The van der Waals surface area contributed by atoms with Crippen LogP contribution in [0.2, 0.25) is 0 Å². The third kappa shape index (κ3) is 0.888. The first-order valence-electron chi connectivity index (χ1n) is 3.65. The minimum absolute atomic E-state index is 0.554. The second-order valence-electron chi connectivity index (χ2n) is 2.54. The van der Waals surface area contributed by atoms with Crippen LogP contribution < -0.4 is 0 Å². The molecule has 0 spiro atoms. The van der Waals surface area contributed by atoms with E-state index in [1.807, 2.05) is 18.2 Å². The summed E-state index contributed by atoms with van der Waals surface area (Å²) in [6, 6.07) is 5.79. The van der Waals surface area contributed by atoms with Gasteiger partial charge in [-0.25, -0.2) is 0 Å². The predicted molar refractivity (Wildman–Crippen MR) is 47.4 cm³/mol. The summed E-state index contributed by atoms with van der Waals surface area (Å²) in [5.74, 6) is 0. The van der Waals surface area contributed by atoms with E-state index >= 15 is 0 Å². The van der Waals surface area contributed by atoms with Gasteiger partial charge in [0.2, 0.25) is 5.65 Å². The lowest BCUT2D eigenvalue weighted by atomic mass is 10.3. The number of fused-ring (bicyclic) bond motifs is 3. The predicted octanol–water partition coefficient (Wildman–Crippen LogP) is 0.981. The zero-order chi connectivity index (χ0) is 8.67. The van der Waals surface area contributed by atoms with Crippen molar-refractivity contribution in [1.82, 2.24) is 25.0 Å². The summed E-state index contributed by atoms with van der Waals surface area (Å²) < 4.78 is 4.76. The summed E-state index contributed by atoms with van der Waals surface area (Å²) in [5.41, 5.74) is 2.39. The lowest BCUT2D eigenvalue weighted by Gasteiger charge is -1.85. The van der Waals surface area contributed by atoms with Gasteiger partial charge in [0.1, 0.15) is 4.70 Å². The van der Waals surface area contributed by atoms with Crippen molar-refractivity contribution in [3.8, 4) is 11.3 Å². The van der Waals surface area contributed by atoms with Crippen LogP contribution in [0.3, 0.4) is 0 Å². The topological polar surface area (TPSA) is 64.5 Å². The number of aromatic nitrogens is 5. The summed E-state index contributed by atoms with van der Waals surface area (Å²) in [7, 11) is 0. The zero-order valence-corrected chi connectivity index (χ0v) is 7.19. The molecular formula is C7H3N5S. The Balaban J connectivity index is 2.58. The van der Waals surface area contributed by atoms with Gasteiger partial charge in [-0.05, 0) is 22.8 Å². The van der Waals surface area contributed by atoms with Crippen molar-refractivity contribution in [3.05, 3.63) is 18.2 Å². The highest BCUT2D eigenvalue weighted by Gasteiger charge is 2.10. The molecule has 62 valence electrons. The summed E-state index contributed by atoms with van der Waals surface area (Å²) in [6.07, 6.45) is 0. The fourth-order valence-electron chi connectivity index (χ4n) is 1.22. The van der Waals surface area contributed by atoms with Crippen LogP contribution in [0.25, 0.3) is 21.6 Å². The van der Waals surface area contributed by atoms with Crippen molar-refractivity contribution >= 4 is 21.9 Å². The van der Waals surface area contributed by atoms with E-state index in [1.165, 1.54) is 11.5 Å². The van der Waals surface area contributed by atoms with E-state index in [0.717, 1.165) is 16.0 Å². The van der Waals surface area contributed by atoms with Gasteiger partial charge in [-0.15, -0.1) is 15.3 Å². The van der Waals surface area contributed by atoms with Crippen LogP contribution in [0, 0.1) is 0 Å². The van der Waals surface area contributed by atoms with Gasteiger partial charge >= 0.3 is 0 Å². The molecule has 0 saturated heterocycles. The first-order valence-corrected chi connectivity index (χ1v) is 4.42. The van der Waals surface area contributed by atoms with Crippen LogP contribution >= 0.6 is 11.5 Å². The Morgan fingerprint density at radius 1 is 1.08 bits per heavy atom. The summed E-state index contributed by atoms with van der Waals surface area (Å²) >= 11 is 1.31. The Morgan fingerprint density at radius 3 is 3.08 bits per heavy atom. The molecule has 2 aliphatic rings. The highest BCUT2D eigenvalue weighted by Crippen LogP contribution is 2.27. The van der Waals surface area contributed by atoms with Crippen LogP contribution in [0.5, 0.6) is 0 Å². The number of rotatable bonds is 0. The van der Waals surface area contributed by atoms with Gasteiger partial charge < -0.3 is 0 Å². The summed E-state index contributed by atoms with van der Waals surface area (Å²) in [5, 5.41) is 15.3. The van der Waals surface area contributed by atoms with Crippen LogP contribution in [0.4, 0.5) is 0 Å². The molecule has 0 N–H and O–H groups in total. The molecule has 1 aliphatic heterocycles. The second-order valence-corrected chi connectivity index (χ2v) is 3.29. The highest BCUT2D eigenvalue weighted by molar-refractivity contribution is 7.13. The maximum Gasteiger partial charge on any atom is 0.218 e. The third-order valence-corrected chi connectivity index (χ3v) is 2.55. The first kappa shape index (κ1) is 6.79. The van der Waals surface area contributed by atoms with Crippen molar-refractivity contribution < 1.29 is 0 Å².